The Morgan fingerprint density at radius 3 is 2.57 bits per heavy atom. The highest BCUT2D eigenvalue weighted by Crippen LogP contribution is 2.48. The molecule has 4 rings (SSSR count). The quantitative estimate of drug-likeness (QED) is 0.812. The fraction of sp³-hybridized carbons (Fsp3) is 0.571. The Labute approximate surface area is 120 Å². The molecule has 2 bridgehead atoms. The normalized spacial score (nSPS) is 33.3. The van der Waals surface area contributed by atoms with Gasteiger partial charge in [-0.3, -0.25) is 14.9 Å². The van der Waals surface area contributed by atoms with Crippen LogP contribution in [0.5, 0.6) is 0 Å². The molecule has 2 fully saturated rings. The van der Waals surface area contributed by atoms with Crippen LogP contribution < -0.4 is 5.32 Å². The van der Waals surface area contributed by atoms with Crippen molar-refractivity contribution in [1.82, 2.24) is 10.2 Å². The first-order valence-corrected chi connectivity index (χ1v) is 7.19. The van der Waals surface area contributed by atoms with Gasteiger partial charge in [0.2, 0.25) is 11.8 Å². The number of carbonyl (C=O) groups is 2. The van der Waals surface area contributed by atoms with Crippen LogP contribution in [0.3, 0.4) is 0 Å². The fourth-order valence-electron chi connectivity index (χ4n) is 3.49. The van der Waals surface area contributed by atoms with Gasteiger partial charge < -0.3 is 9.52 Å². The van der Waals surface area contributed by atoms with Crippen molar-refractivity contribution in [3.63, 3.8) is 0 Å². The van der Waals surface area contributed by atoms with E-state index >= 15 is 0 Å². The summed E-state index contributed by atoms with van der Waals surface area (Å²) in [6.45, 7) is 0. The number of rotatable bonds is 4. The lowest BCUT2D eigenvalue weighted by Gasteiger charge is -2.22. The average molecular weight is 289 g/mol. The molecule has 0 aromatic carbocycles. The number of hydrogen-bond acceptors (Lipinski definition) is 5. The van der Waals surface area contributed by atoms with Crippen LogP contribution in [0.25, 0.3) is 0 Å². The van der Waals surface area contributed by atoms with Gasteiger partial charge in [0.05, 0.1) is 11.8 Å². The van der Waals surface area contributed by atoms with E-state index in [9.17, 15) is 14.7 Å². The molecular formula is C14H15N3O4. The van der Waals surface area contributed by atoms with Gasteiger partial charge in [0.25, 0.3) is 0 Å². The predicted molar refractivity (Wildman–Crippen MR) is 70.3 cm³/mol. The standard InChI is InChI=1S/C14H15N3O4/c18-11(15-14-17-16-12(21-14)6-1-2-6)9-7-3-4-8(5-7)10(9)13(19)20/h3-4,6-10H,1-2,5H2,(H,19,20)(H,15,17,18). The Morgan fingerprint density at radius 1 is 1.19 bits per heavy atom. The van der Waals surface area contributed by atoms with Gasteiger partial charge >= 0.3 is 12.0 Å². The smallest absolute Gasteiger partial charge is 0.322 e. The summed E-state index contributed by atoms with van der Waals surface area (Å²) in [6.07, 6.45) is 6.65. The maximum Gasteiger partial charge on any atom is 0.322 e. The van der Waals surface area contributed by atoms with Crippen LogP contribution in [0.2, 0.25) is 0 Å². The molecule has 110 valence electrons. The van der Waals surface area contributed by atoms with Crippen LogP contribution in [0, 0.1) is 23.7 Å². The Bertz CT molecular complexity index is 634. The van der Waals surface area contributed by atoms with E-state index < -0.39 is 17.8 Å². The Hall–Kier alpha value is -2.18. The van der Waals surface area contributed by atoms with E-state index in [-0.39, 0.29) is 23.8 Å². The summed E-state index contributed by atoms with van der Waals surface area (Å²) in [6, 6.07) is 0.0674. The summed E-state index contributed by atoms with van der Waals surface area (Å²) in [5.74, 6) is -1.68. The van der Waals surface area contributed by atoms with Crippen molar-refractivity contribution >= 4 is 17.9 Å². The van der Waals surface area contributed by atoms with Gasteiger partial charge in [0, 0.05) is 5.92 Å². The average Bonchev–Trinajstić information content (AvgIpc) is 2.88. The number of aromatic nitrogens is 2. The predicted octanol–water partition coefficient (Wildman–Crippen LogP) is 1.41. The number of aliphatic carboxylic acids is 1. The molecule has 0 aliphatic heterocycles. The molecular weight excluding hydrogens is 274 g/mol. The van der Waals surface area contributed by atoms with Gasteiger partial charge in [0.15, 0.2) is 0 Å². The van der Waals surface area contributed by atoms with Crippen LogP contribution in [0.1, 0.15) is 31.1 Å². The van der Waals surface area contributed by atoms with Crippen LogP contribution in [-0.2, 0) is 9.59 Å². The summed E-state index contributed by atoms with van der Waals surface area (Å²) < 4.78 is 5.39. The minimum absolute atomic E-state index is 0.0121. The van der Waals surface area contributed by atoms with Crippen molar-refractivity contribution in [2.24, 2.45) is 23.7 Å². The molecule has 7 heteroatoms. The number of carbonyl (C=O) groups excluding carboxylic acids is 1. The molecule has 3 aliphatic carbocycles. The Balaban J connectivity index is 1.50. The largest absolute Gasteiger partial charge is 0.481 e. The Morgan fingerprint density at radius 2 is 1.90 bits per heavy atom. The van der Waals surface area contributed by atoms with Gasteiger partial charge in [-0.05, 0) is 31.1 Å². The van der Waals surface area contributed by atoms with Crippen molar-refractivity contribution in [3.05, 3.63) is 18.0 Å². The fourth-order valence-corrected chi connectivity index (χ4v) is 3.49. The molecule has 1 aromatic rings. The number of hydrogen-bond donors (Lipinski definition) is 2. The molecule has 21 heavy (non-hydrogen) atoms. The highest BCUT2D eigenvalue weighted by molar-refractivity contribution is 5.94. The number of fused-ring (bicyclic) bond motifs is 2. The third kappa shape index (κ3) is 2.03. The monoisotopic (exact) mass is 289 g/mol. The molecule has 4 atom stereocenters. The number of anilines is 1. The SMILES string of the molecule is O=C(O)C1C2C=CC(C2)C1C(=O)Nc1nnc(C2CC2)o1. The zero-order valence-electron chi connectivity index (χ0n) is 11.2. The topological polar surface area (TPSA) is 105 Å². The zero-order chi connectivity index (χ0) is 14.6. The number of allylic oxidation sites excluding steroid dienone is 2. The van der Waals surface area contributed by atoms with E-state index in [4.69, 9.17) is 4.42 Å². The number of amides is 1. The van der Waals surface area contributed by atoms with E-state index in [1.54, 1.807) is 0 Å². The van der Waals surface area contributed by atoms with Crippen LogP contribution in [0.15, 0.2) is 16.6 Å². The second kappa shape index (κ2) is 4.41. The van der Waals surface area contributed by atoms with Gasteiger partial charge in [-0.25, -0.2) is 0 Å². The summed E-state index contributed by atoms with van der Waals surface area (Å²) >= 11 is 0. The number of nitrogens with one attached hydrogen (secondary N) is 1. The van der Waals surface area contributed by atoms with Crippen LogP contribution in [0.4, 0.5) is 6.01 Å². The maximum absolute atomic E-state index is 12.4. The van der Waals surface area contributed by atoms with E-state index in [1.165, 1.54) is 0 Å². The third-order valence-electron chi connectivity index (χ3n) is 4.64. The summed E-state index contributed by atoms with van der Waals surface area (Å²) in [4.78, 5) is 23.8. The van der Waals surface area contributed by atoms with E-state index in [0.717, 1.165) is 19.3 Å². The zero-order valence-corrected chi connectivity index (χ0v) is 11.2. The molecule has 7 nitrogen and oxygen atoms in total. The van der Waals surface area contributed by atoms with Crippen molar-refractivity contribution in [2.75, 3.05) is 5.32 Å². The summed E-state index contributed by atoms with van der Waals surface area (Å²) in [5.41, 5.74) is 0. The maximum atomic E-state index is 12.4. The third-order valence-corrected chi connectivity index (χ3v) is 4.64. The summed E-state index contributed by atoms with van der Waals surface area (Å²) in [5, 5.41) is 19.6. The molecule has 0 saturated heterocycles. The Kier molecular flexibility index (Phi) is 2.63. The first kappa shape index (κ1) is 12.6. The highest BCUT2D eigenvalue weighted by Gasteiger charge is 2.51. The summed E-state index contributed by atoms with van der Waals surface area (Å²) in [7, 11) is 0. The highest BCUT2D eigenvalue weighted by atomic mass is 16.4. The van der Waals surface area contributed by atoms with Gasteiger partial charge in [-0.1, -0.05) is 17.3 Å². The van der Waals surface area contributed by atoms with Gasteiger partial charge in [0.1, 0.15) is 0 Å². The second-order valence-corrected chi connectivity index (χ2v) is 6.05. The number of carboxylic acid groups (broad SMARTS) is 1. The molecule has 2 N–H and O–H groups in total. The first-order chi connectivity index (χ1) is 10.1. The lowest BCUT2D eigenvalue weighted by molar-refractivity contribution is -0.146. The minimum Gasteiger partial charge on any atom is -0.481 e. The molecule has 4 unspecified atom stereocenters. The van der Waals surface area contributed by atoms with E-state index in [1.807, 2.05) is 12.2 Å². The van der Waals surface area contributed by atoms with Crippen molar-refractivity contribution in [1.29, 1.82) is 0 Å². The molecule has 2 saturated carbocycles. The van der Waals surface area contributed by atoms with Crippen molar-refractivity contribution in [2.45, 2.75) is 25.2 Å². The van der Waals surface area contributed by atoms with E-state index in [0.29, 0.717) is 11.8 Å². The van der Waals surface area contributed by atoms with Crippen LogP contribution in [-0.4, -0.2) is 27.2 Å². The number of nitrogens with zero attached hydrogens (tertiary/aromatic N) is 2. The van der Waals surface area contributed by atoms with E-state index in [2.05, 4.69) is 15.5 Å². The molecule has 1 heterocycles. The molecule has 0 radical (unpaired) electrons. The number of carboxylic acids is 1. The molecule has 0 spiro atoms. The van der Waals surface area contributed by atoms with Crippen molar-refractivity contribution in [3.8, 4) is 0 Å². The molecule has 1 amide bonds. The van der Waals surface area contributed by atoms with Crippen molar-refractivity contribution < 1.29 is 19.1 Å². The molecule has 3 aliphatic rings. The lowest BCUT2D eigenvalue weighted by Crippen LogP contribution is -2.36. The first-order valence-electron chi connectivity index (χ1n) is 7.19. The second-order valence-electron chi connectivity index (χ2n) is 6.05. The molecule has 1 aromatic heterocycles. The minimum atomic E-state index is -0.920. The van der Waals surface area contributed by atoms with Crippen LogP contribution >= 0.6 is 0 Å². The van der Waals surface area contributed by atoms with Gasteiger partial charge in [-0.2, -0.15) is 0 Å². The van der Waals surface area contributed by atoms with Gasteiger partial charge in [-0.15, -0.1) is 5.10 Å². The lowest BCUT2D eigenvalue weighted by atomic mass is 9.82.